The highest BCUT2D eigenvalue weighted by atomic mass is 32.1. The summed E-state index contributed by atoms with van der Waals surface area (Å²) in [7, 11) is 0. The van der Waals surface area contributed by atoms with Crippen molar-refractivity contribution in [2.75, 3.05) is 18.4 Å². The molecule has 1 aromatic heterocycles. The number of likely N-dealkylation sites (tertiary alicyclic amines) is 1. The van der Waals surface area contributed by atoms with Crippen LogP contribution in [0.3, 0.4) is 0 Å². The molecule has 3 rings (SSSR count). The topological polar surface area (TPSA) is 45.2 Å². The first-order chi connectivity index (χ1) is 10.2. The smallest absolute Gasteiger partial charge is 0.228 e. The Labute approximate surface area is 126 Å². The van der Waals surface area contributed by atoms with Crippen LogP contribution in [0.2, 0.25) is 0 Å². The Bertz CT molecular complexity index is 620. The maximum absolute atomic E-state index is 12.8. The van der Waals surface area contributed by atoms with Crippen molar-refractivity contribution >= 4 is 28.1 Å². The number of aromatic nitrogens is 1. The van der Waals surface area contributed by atoms with Crippen molar-refractivity contribution in [1.82, 2.24) is 9.88 Å². The lowest BCUT2D eigenvalue weighted by Crippen LogP contribution is -2.29. The molecule has 1 saturated heterocycles. The lowest BCUT2D eigenvalue weighted by Gasteiger charge is -2.13. The predicted molar refractivity (Wildman–Crippen MR) is 81.3 cm³/mol. The molecule has 0 aliphatic carbocycles. The van der Waals surface area contributed by atoms with Crippen molar-refractivity contribution in [3.8, 4) is 0 Å². The van der Waals surface area contributed by atoms with Gasteiger partial charge in [0.1, 0.15) is 5.82 Å². The highest BCUT2D eigenvalue weighted by molar-refractivity contribution is 7.13. The number of nitrogens with one attached hydrogen (secondary N) is 1. The molecule has 1 fully saturated rings. The summed E-state index contributed by atoms with van der Waals surface area (Å²) in [4.78, 5) is 18.3. The molecule has 0 saturated carbocycles. The van der Waals surface area contributed by atoms with Crippen molar-refractivity contribution < 1.29 is 9.18 Å². The second-order valence-corrected chi connectivity index (χ2v) is 5.90. The normalized spacial score (nSPS) is 14.4. The molecule has 0 radical (unpaired) electrons. The average Bonchev–Trinajstić information content (AvgIpc) is 3.13. The molecule has 1 aliphatic heterocycles. The third kappa shape index (κ3) is 3.58. The summed E-state index contributed by atoms with van der Waals surface area (Å²) >= 11 is 1.45. The van der Waals surface area contributed by atoms with Crippen LogP contribution in [0.1, 0.15) is 18.5 Å². The number of halogens is 1. The summed E-state index contributed by atoms with van der Waals surface area (Å²) in [5.74, 6) is -0.122. The van der Waals surface area contributed by atoms with Crippen LogP contribution in [-0.4, -0.2) is 28.9 Å². The van der Waals surface area contributed by atoms with Crippen molar-refractivity contribution in [2.24, 2.45) is 0 Å². The minimum atomic E-state index is -0.267. The van der Waals surface area contributed by atoms with Gasteiger partial charge in [0.05, 0.1) is 12.1 Å². The van der Waals surface area contributed by atoms with E-state index in [9.17, 15) is 9.18 Å². The number of rotatable bonds is 4. The Balaban J connectivity index is 1.60. The second-order valence-electron chi connectivity index (χ2n) is 5.04. The first-order valence-corrected chi connectivity index (χ1v) is 7.83. The van der Waals surface area contributed by atoms with E-state index >= 15 is 0 Å². The lowest BCUT2D eigenvalue weighted by molar-refractivity contribution is -0.129. The van der Waals surface area contributed by atoms with Crippen LogP contribution in [-0.2, 0) is 11.2 Å². The summed E-state index contributed by atoms with van der Waals surface area (Å²) in [5.41, 5.74) is 1.56. The number of hydrogen-bond donors (Lipinski definition) is 1. The SMILES string of the molecule is O=C(Cc1csc(Nc2ccc(F)cc2)n1)N1CCCC1. The molecule has 6 heteroatoms. The fraction of sp³-hybridized carbons (Fsp3) is 0.333. The van der Waals surface area contributed by atoms with Gasteiger partial charge in [-0.2, -0.15) is 0 Å². The van der Waals surface area contributed by atoms with Gasteiger partial charge >= 0.3 is 0 Å². The van der Waals surface area contributed by atoms with Crippen LogP contribution in [0.5, 0.6) is 0 Å². The number of carbonyl (C=O) groups is 1. The van der Waals surface area contributed by atoms with Gasteiger partial charge in [-0.25, -0.2) is 9.37 Å². The van der Waals surface area contributed by atoms with Gasteiger partial charge in [-0.3, -0.25) is 4.79 Å². The fourth-order valence-corrected chi connectivity index (χ4v) is 3.07. The second kappa shape index (κ2) is 6.22. The largest absolute Gasteiger partial charge is 0.342 e. The van der Waals surface area contributed by atoms with Gasteiger partial charge in [0.2, 0.25) is 5.91 Å². The third-order valence-corrected chi connectivity index (χ3v) is 4.24. The molecule has 2 heterocycles. The number of thiazole rings is 1. The van der Waals surface area contributed by atoms with Crippen LogP contribution in [0, 0.1) is 5.82 Å². The van der Waals surface area contributed by atoms with E-state index in [1.54, 1.807) is 12.1 Å². The Morgan fingerprint density at radius 3 is 2.71 bits per heavy atom. The van der Waals surface area contributed by atoms with Gasteiger partial charge < -0.3 is 10.2 Å². The van der Waals surface area contributed by atoms with Crippen LogP contribution < -0.4 is 5.32 Å². The Kier molecular flexibility index (Phi) is 4.15. The van der Waals surface area contributed by atoms with E-state index in [0.29, 0.717) is 11.6 Å². The number of hydrogen-bond acceptors (Lipinski definition) is 4. The quantitative estimate of drug-likeness (QED) is 0.943. The first kappa shape index (κ1) is 14.0. The van der Waals surface area contributed by atoms with Crippen molar-refractivity contribution in [3.05, 3.63) is 41.2 Å². The number of amides is 1. The molecule has 1 aliphatic rings. The van der Waals surface area contributed by atoms with E-state index in [1.165, 1.54) is 23.5 Å². The van der Waals surface area contributed by atoms with Gasteiger partial charge in [-0.05, 0) is 37.1 Å². The maximum atomic E-state index is 12.8. The number of anilines is 2. The minimum Gasteiger partial charge on any atom is -0.342 e. The molecule has 0 bridgehead atoms. The minimum absolute atomic E-state index is 0.145. The maximum Gasteiger partial charge on any atom is 0.228 e. The van der Waals surface area contributed by atoms with E-state index in [2.05, 4.69) is 10.3 Å². The molecule has 110 valence electrons. The van der Waals surface area contributed by atoms with E-state index in [0.717, 1.165) is 37.3 Å². The van der Waals surface area contributed by atoms with Crippen molar-refractivity contribution in [1.29, 1.82) is 0 Å². The fourth-order valence-electron chi connectivity index (χ4n) is 2.34. The molecular weight excluding hydrogens is 289 g/mol. The Morgan fingerprint density at radius 1 is 1.29 bits per heavy atom. The van der Waals surface area contributed by atoms with Gasteiger partial charge in [0.15, 0.2) is 5.13 Å². The molecular formula is C15H16FN3OS. The number of benzene rings is 1. The van der Waals surface area contributed by atoms with E-state index in [4.69, 9.17) is 0 Å². The Morgan fingerprint density at radius 2 is 2.00 bits per heavy atom. The zero-order valence-corrected chi connectivity index (χ0v) is 12.3. The van der Waals surface area contributed by atoms with Gasteiger partial charge in [0.25, 0.3) is 0 Å². The highest BCUT2D eigenvalue weighted by Crippen LogP contribution is 2.22. The van der Waals surface area contributed by atoms with Crippen molar-refractivity contribution in [2.45, 2.75) is 19.3 Å². The van der Waals surface area contributed by atoms with E-state index in [-0.39, 0.29) is 11.7 Å². The molecule has 0 unspecified atom stereocenters. The predicted octanol–water partition coefficient (Wildman–Crippen LogP) is 3.19. The van der Waals surface area contributed by atoms with Crippen LogP contribution in [0.4, 0.5) is 15.2 Å². The average molecular weight is 305 g/mol. The summed E-state index contributed by atoms with van der Waals surface area (Å²) in [6.45, 7) is 1.73. The molecule has 0 atom stereocenters. The molecule has 0 spiro atoms. The van der Waals surface area contributed by atoms with E-state index in [1.807, 2.05) is 10.3 Å². The number of nitrogens with zero attached hydrogens (tertiary/aromatic N) is 2. The summed E-state index contributed by atoms with van der Waals surface area (Å²) in [6, 6.07) is 6.11. The first-order valence-electron chi connectivity index (χ1n) is 6.95. The van der Waals surface area contributed by atoms with Crippen molar-refractivity contribution in [3.63, 3.8) is 0 Å². The third-order valence-electron chi connectivity index (χ3n) is 3.44. The zero-order valence-electron chi connectivity index (χ0n) is 11.5. The number of carbonyl (C=O) groups excluding carboxylic acids is 1. The molecule has 4 nitrogen and oxygen atoms in total. The monoisotopic (exact) mass is 305 g/mol. The lowest BCUT2D eigenvalue weighted by atomic mass is 10.3. The molecule has 1 N–H and O–H groups in total. The van der Waals surface area contributed by atoms with Crippen LogP contribution in [0.25, 0.3) is 0 Å². The van der Waals surface area contributed by atoms with Gasteiger partial charge in [0, 0.05) is 24.2 Å². The van der Waals surface area contributed by atoms with Gasteiger partial charge in [-0.1, -0.05) is 0 Å². The molecule has 1 aromatic carbocycles. The summed E-state index contributed by atoms with van der Waals surface area (Å²) < 4.78 is 12.8. The standard InChI is InChI=1S/C15H16FN3OS/c16-11-3-5-12(6-4-11)17-15-18-13(10-21-15)9-14(20)19-7-1-2-8-19/h3-6,10H,1-2,7-9H2,(H,17,18). The van der Waals surface area contributed by atoms with Gasteiger partial charge in [-0.15, -0.1) is 11.3 Å². The van der Waals surface area contributed by atoms with Crippen LogP contribution >= 0.6 is 11.3 Å². The van der Waals surface area contributed by atoms with Crippen LogP contribution in [0.15, 0.2) is 29.6 Å². The highest BCUT2D eigenvalue weighted by Gasteiger charge is 2.19. The molecule has 2 aromatic rings. The molecule has 1 amide bonds. The summed E-state index contributed by atoms with van der Waals surface area (Å²) in [5, 5.41) is 5.71. The zero-order chi connectivity index (χ0) is 14.7. The molecule has 21 heavy (non-hydrogen) atoms. The Hall–Kier alpha value is -1.95. The summed E-state index contributed by atoms with van der Waals surface area (Å²) in [6.07, 6.45) is 2.54. The van der Waals surface area contributed by atoms with E-state index < -0.39 is 0 Å².